The molecule has 0 aliphatic heterocycles. The zero-order valence-corrected chi connectivity index (χ0v) is 15.3. The molecule has 1 N–H and O–H groups in total. The number of hydrogen-bond acceptors (Lipinski definition) is 4. The van der Waals surface area contributed by atoms with Crippen molar-refractivity contribution < 1.29 is 9.90 Å². The van der Waals surface area contributed by atoms with Gasteiger partial charge in [-0.05, 0) is 37.2 Å². The van der Waals surface area contributed by atoms with Crippen molar-refractivity contribution in [3.05, 3.63) is 65.7 Å². The van der Waals surface area contributed by atoms with Gasteiger partial charge in [0.25, 0.3) is 0 Å². The molecule has 0 bridgehead atoms. The molecule has 4 nitrogen and oxygen atoms in total. The van der Waals surface area contributed by atoms with Crippen molar-refractivity contribution in [3.63, 3.8) is 0 Å². The van der Waals surface area contributed by atoms with Crippen LogP contribution in [0.4, 0.5) is 0 Å². The number of aliphatic hydroxyl groups is 1. The summed E-state index contributed by atoms with van der Waals surface area (Å²) in [6.45, 7) is 3.13. The SMILES string of the molecule is CC(=O)Cc1ccc(-c2cc(CN(C)CCO)c3ccccc3n2)cc1. The fourth-order valence-electron chi connectivity index (χ4n) is 3.15. The second kappa shape index (κ2) is 8.21. The number of benzene rings is 2. The first-order valence-corrected chi connectivity index (χ1v) is 8.83. The van der Waals surface area contributed by atoms with E-state index < -0.39 is 0 Å². The predicted octanol–water partition coefficient (Wildman–Crippen LogP) is 3.46. The van der Waals surface area contributed by atoms with Gasteiger partial charge in [0, 0.05) is 30.5 Å². The Kier molecular flexibility index (Phi) is 5.76. The van der Waals surface area contributed by atoms with Crippen molar-refractivity contribution in [2.45, 2.75) is 19.9 Å². The first kappa shape index (κ1) is 18.2. The number of carbonyl (C=O) groups excluding carboxylic acids is 1. The number of hydrogen-bond donors (Lipinski definition) is 1. The van der Waals surface area contributed by atoms with Gasteiger partial charge < -0.3 is 5.11 Å². The molecule has 0 saturated carbocycles. The van der Waals surface area contributed by atoms with Gasteiger partial charge >= 0.3 is 0 Å². The summed E-state index contributed by atoms with van der Waals surface area (Å²) in [4.78, 5) is 18.2. The minimum atomic E-state index is 0.143. The largest absolute Gasteiger partial charge is 0.395 e. The highest BCUT2D eigenvalue weighted by Crippen LogP contribution is 2.26. The van der Waals surface area contributed by atoms with Crippen LogP contribution in [0.25, 0.3) is 22.2 Å². The average Bonchev–Trinajstić information content (AvgIpc) is 2.62. The summed E-state index contributed by atoms with van der Waals surface area (Å²) in [7, 11) is 2.00. The summed E-state index contributed by atoms with van der Waals surface area (Å²) in [5.41, 5.74) is 5.13. The van der Waals surface area contributed by atoms with E-state index in [-0.39, 0.29) is 12.4 Å². The molecule has 0 atom stereocenters. The Bertz CT molecular complexity index is 904. The number of fused-ring (bicyclic) bond motifs is 1. The van der Waals surface area contributed by atoms with Crippen LogP contribution >= 0.6 is 0 Å². The molecular weight excluding hydrogens is 324 g/mol. The Morgan fingerprint density at radius 1 is 1.12 bits per heavy atom. The Hall–Kier alpha value is -2.56. The molecule has 0 aliphatic carbocycles. The second-order valence-electron chi connectivity index (χ2n) is 6.72. The van der Waals surface area contributed by atoms with Crippen LogP contribution < -0.4 is 0 Å². The standard InChI is InChI=1S/C22H24N2O2/c1-16(26)13-17-7-9-18(10-8-17)22-14-19(15-24(2)11-12-25)20-5-3-4-6-21(20)23-22/h3-10,14,25H,11-13,15H2,1-2H3. The lowest BCUT2D eigenvalue weighted by atomic mass is 10.0. The number of pyridine rings is 1. The van der Waals surface area contributed by atoms with Crippen molar-refractivity contribution in [3.8, 4) is 11.3 Å². The number of Topliss-reactive ketones (excluding diaryl/α,β-unsaturated/α-hetero) is 1. The van der Waals surface area contributed by atoms with Crippen LogP contribution in [0.3, 0.4) is 0 Å². The van der Waals surface area contributed by atoms with Gasteiger partial charge in [-0.2, -0.15) is 0 Å². The molecule has 0 aliphatic rings. The monoisotopic (exact) mass is 348 g/mol. The number of likely N-dealkylation sites (N-methyl/N-ethyl adjacent to an activating group) is 1. The van der Waals surface area contributed by atoms with E-state index in [0.717, 1.165) is 34.3 Å². The van der Waals surface area contributed by atoms with E-state index in [1.54, 1.807) is 6.92 Å². The predicted molar refractivity (Wildman–Crippen MR) is 105 cm³/mol. The first-order valence-electron chi connectivity index (χ1n) is 8.83. The van der Waals surface area contributed by atoms with Crippen molar-refractivity contribution in [2.24, 2.45) is 0 Å². The smallest absolute Gasteiger partial charge is 0.134 e. The van der Waals surface area contributed by atoms with Gasteiger partial charge in [-0.15, -0.1) is 0 Å². The Balaban J connectivity index is 1.99. The highest BCUT2D eigenvalue weighted by Gasteiger charge is 2.10. The minimum absolute atomic E-state index is 0.143. The van der Waals surface area contributed by atoms with Crippen LogP contribution in [0, 0.1) is 0 Å². The molecule has 0 amide bonds. The van der Waals surface area contributed by atoms with Gasteiger partial charge in [0.05, 0.1) is 17.8 Å². The molecule has 4 heteroatoms. The van der Waals surface area contributed by atoms with E-state index in [4.69, 9.17) is 4.98 Å². The Labute approximate surface area is 154 Å². The van der Waals surface area contributed by atoms with E-state index in [1.807, 2.05) is 49.5 Å². The molecule has 0 radical (unpaired) electrons. The lowest BCUT2D eigenvalue weighted by molar-refractivity contribution is -0.116. The number of rotatable bonds is 7. The molecule has 1 aromatic heterocycles. The average molecular weight is 348 g/mol. The fraction of sp³-hybridized carbons (Fsp3) is 0.273. The number of nitrogens with zero attached hydrogens (tertiary/aromatic N) is 2. The molecule has 3 aromatic rings. The van der Waals surface area contributed by atoms with Crippen molar-refractivity contribution >= 4 is 16.7 Å². The number of ketones is 1. The third-order valence-electron chi connectivity index (χ3n) is 4.43. The van der Waals surface area contributed by atoms with Gasteiger partial charge in [0.2, 0.25) is 0 Å². The molecule has 3 rings (SSSR count). The maximum Gasteiger partial charge on any atom is 0.134 e. The highest BCUT2D eigenvalue weighted by molar-refractivity contribution is 5.85. The molecule has 0 fully saturated rings. The zero-order chi connectivity index (χ0) is 18.5. The van der Waals surface area contributed by atoms with Gasteiger partial charge in [-0.25, -0.2) is 4.98 Å². The van der Waals surface area contributed by atoms with Crippen molar-refractivity contribution in [2.75, 3.05) is 20.2 Å². The van der Waals surface area contributed by atoms with Crippen LogP contribution in [-0.4, -0.2) is 41.0 Å². The highest BCUT2D eigenvalue weighted by atomic mass is 16.3. The lowest BCUT2D eigenvalue weighted by Gasteiger charge is -2.17. The topological polar surface area (TPSA) is 53.4 Å². The van der Waals surface area contributed by atoms with Crippen molar-refractivity contribution in [1.29, 1.82) is 0 Å². The summed E-state index contributed by atoms with van der Waals surface area (Å²) in [6, 6.07) is 18.3. The summed E-state index contributed by atoms with van der Waals surface area (Å²) >= 11 is 0. The summed E-state index contributed by atoms with van der Waals surface area (Å²) in [5, 5.41) is 10.3. The third-order valence-corrected chi connectivity index (χ3v) is 4.43. The van der Waals surface area contributed by atoms with Crippen molar-refractivity contribution in [1.82, 2.24) is 9.88 Å². The Morgan fingerprint density at radius 2 is 1.85 bits per heavy atom. The quantitative estimate of drug-likeness (QED) is 0.710. The maximum atomic E-state index is 11.3. The van der Waals surface area contributed by atoms with Gasteiger partial charge in [-0.1, -0.05) is 42.5 Å². The first-order chi connectivity index (χ1) is 12.6. The second-order valence-corrected chi connectivity index (χ2v) is 6.72. The van der Waals surface area contributed by atoms with Crippen LogP contribution in [0.5, 0.6) is 0 Å². The summed E-state index contributed by atoms with van der Waals surface area (Å²) < 4.78 is 0. The molecule has 0 spiro atoms. The van der Waals surface area contributed by atoms with Gasteiger partial charge in [-0.3, -0.25) is 9.69 Å². The molecule has 134 valence electrons. The maximum absolute atomic E-state index is 11.3. The normalized spacial score (nSPS) is 11.2. The molecule has 0 unspecified atom stereocenters. The Morgan fingerprint density at radius 3 is 2.54 bits per heavy atom. The number of carbonyl (C=O) groups is 1. The molecule has 1 heterocycles. The van der Waals surface area contributed by atoms with E-state index in [1.165, 1.54) is 5.56 Å². The van der Waals surface area contributed by atoms with E-state index in [9.17, 15) is 9.90 Å². The minimum Gasteiger partial charge on any atom is -0.395 e. The molecule has 2 aromatic carbocycles. The molecule has 26 heavy (non-hydrogen) atoms. The number of aliphatic hydroxyl groups excluding tert-OH is 1. The van der Waals surface area contributed by atoms with Gasteiger partial charge in [0.1, 0.15) is 5.78 Å². The van der Waals surface area contributed by atoms with Crippen LogP contribution in [0.1, 0.15) is 18.1 Å². The van der Waals surface area contributed by atoms with E-state index >= 15 is 0 Å². The summed E-state index contributed by atoms with van der Waals surface area (Å²) in [6.07, 6.45) is 0.461. The summed E-state index contributed by atoms with van der Waals surface area (Å²) in [5.74, 6) is 0.163. The fourth-order valence-corrected chi connectivity index (χ4v) is 3.15. The van der Waals surface area contributed by atoms with E-state index in [0.29, 0.717) is 13.0 Å². The van der Waals surface area contributed by atoms with E-state index in [2.05, 4.69) is 17.0 Å². The van der Waals surface area contributed by atoms with Crippen LogP contribution in [0.15, 0.2) is 54.6 Å². The number of aromatic nitrogens is 1. The number of para-hydroxylation sites is 1. The molecule has 0 saturated heterocycles. The lowest BCUT2D eigenvalue weighted by Crippen LogP contribution is -2.21. The zero-order valence-electron chi connectivity index (χ0n) is 15.3. The van der Waals surface area contributed by atoms with Crippen LogP contribution in [0.2, 0.25) is 0 Å². The van der Waals surface area contributed by atoms with Gasteiger partial charge in [0.15, 0.2) is 0 Å². The molecular formula is C22H24N2O2. The third kappa shape index (κ3) is 4.34. The van der Waals surface area contributed by atoms with Crippen LogP contribution in [-0.2, 0) is 17.8 Å².